The first-order valence-electron chi connectivity index (χ1n) is 12.0. The average molecular weight is 454 g/mol. The zero-order chi connectivity index (χ0) is 23.5. The number of likely N-dealkylation sites (tertiary alicyclic amines) is 1. The number of hydrogen-bond acceptors (Lipinski definition) is 5. The van der Waals surface area contributed by atoms with E-state index in [1.165, 1.54) is 19.3 Å². The Bertz CT molecular complexity index is 995. The molecule has 0 saturated carbocycles. The van der Waals surface area contributed by atoms with Gasteiger partial charge in [0.1, 0.15) is 11.5 Å². The molecule has 3 heterocycles. The molecule has 1 fully saturated rings. The molecule has 0 aliphatic carbocycles. The highest BCUT2D eigenvalue weighted by Gasteiger charge is 2.36. The molecule has 2 atom stereocenters. The van der Waals surface area contributed by atoms with Gasteiger partial charge in [0, 0.05) is 31.3 Å². The topological polar surface area (TPSA) is 66.2 Å². The van der Waals surface area contributed by atoms with Gasteiger partial charge in [0.25, 0.3) is 0 Å². The highest BCUT2D eigenvalue weighted by atomic mass is 16.6. The Labute approximate surface area is 196 Å². The van der Waals surface area contributed by atoms with E-state index in [4.69, 9.17) is 9.15 Å². The number of fused-ring (bicyclic) bond motifs is 1. The minimum absolute atomic E-state index is 0.00412. The Morgan fingerprint density at radius 3 is 2.61 bits per heavy atom. The van der Waals surface area contributed by atoms with Crippen molar-refractivity contribution in [3.63, 3.8) is 0 Å². The third-order valence-corrected chi connectivity index (χ3v) is 6.79. The number of carbonyl (C=O) groups excluding carboxylic acids is 2. The molecule has 2 amide bonds. The first-order chi connectivity index (χ1) is 15.9. The molecule has 7 nitrogen and oxygen atoms in total. The van der Waals surface area contributed by atoms with E-state index in [2.05, 4.69) is 17.0 Å². The van der Waals surface area contributed by atoms with Crippen LogP contribution in [0.4, 0.5) is 10.5 Å². The quantitative estimate of drug-likeness (QED) is 0.622. The van der Waals surface area contributed by atoms with E-state index >= 15 is 0 Å². The van der Waals surface area contributed by atoms with E-state index in [-0.39, 0.29) is 24.1 Å². The van der Waals surface area contributed by atoms with Crippen molar-refractivity contribution in [2.45, 2.75) is 65.1 Å². The monoisotopic (exact) mass is 453 g/mol. The van der Waals surface area contributed by atoms with Crippen LogP contribution >= 0.6 is 0 Å². The van der Waals surface area contributed by atoms with Gasteiger partial charge in [-0.2, -0.15) is 0 Å². The number of amides is 2. The Hall–Kier alpha value is -2.80. The lowest BCUT2D eigenvalue weighted by Gasteiger charge is -2.42. The fourth-order valence-electron chi connectivity index (χ4n) is 5.14. The predicted molar refractivity (Wildman–Crippen MR) is 128 cm³/mol. The normalized spacial score (nSPS) is 20.9. The van der Waals surface area contributed by atoms with Crippen molar-refractivity contribution >= 4 is 17.7 Å². The van der Waals surface area contributed by atoms with Crippen LogP contribution in [0.3, 0.4) is 0 Å². The molecule has 4 rings (SSSR count). The summed E-state index contributed by atoms with van der Waals surface area (Å²) in [5, 5.41) is 0. The molecule has 2 aliphatic rings. The Morgan fingerprint density at radius 1 is 1.15 bits per heavy atom. The van der Waals surface area contributed by atoms with Crippen LogP contribution < -0.4 is 4.90 Å². The summed E-state index contributed by atoms with van der Waals surface area (Å²) in [5.41, 5.74) is 2.72. The van der Waals surface area contributed by atoms with Crippen molar-refractivity contribution in [2.75, 3.05) is 31.6 Å². The van der Waals surface area contributed by atoms with Crippen LogP contribution in [0.25, 0.3) is 11.3 Å². The fraction of sp³-hybridized carbons (Fsp3) is 0.538. The lowest BCUT2D eigenvalue weighted by atomic mass is 9.89. The first-order valence-corrected chi connectivity index (χ1v) is 12.0. The molecule has 1 saturated heterocycles. The molecule has 2 aromatic rings. The highest BCUT2D eigenvalue weighted by Crippen LogP contribution is 2.42. The maximum absolute atomic E-state index is 12.5. The molecule has 33 heavy (non-hydrogen) atoms. The van der Waals surface area contributed by atoms with Crippen molar-refractivity contribution < 1.29 is 18.7 Å². The van der Waals surface area contributed by atoms with Gasteiger partial charge in [0.15, 0.2) is 0 Å². The maximum atomic E-state index is 12.5. The molecule has 1 aromatic carbocycles. The van der Waals surface area contributed by atoms with Gasteiger partial charge in [-0.25, -0.2) is 4.79 Å². The summed E-state index contributed by atoms with van der Waals surface area (Å²) in [6.07, 6.45) is 4.09. The van der Waals surface area contributed by atoms with Crippen LogP contribution in [0.2, 0.25) is 0 Å². The van der Waals surface area contributed by atoms with E-state index in [1.807, 2.05) is 30.0 Å². The van der Waals surface area contributed by atoms with Crippen LogP contribution in [0.1, 0.15) is 63.8 Å². The molecule has 0 N–H and O–H groups in total. The van der Waals surface area contributed by atoms with Gasteiger partial charge in [-0.1, -0.05) is 6.42 Å². The highest BCUT2D eigenvalue weighted by molar-refractivity contribution is 5.94. The number of carbonyl (C=O) groups is 2. The largest absolute Gasteiger partial charge is 0.460 e. The summed E-state index contributed by atoms with van der Waals surface area (Å²) >= 11 is 0. The molecule has 178 valence electrons. The number of benzene rings is 1. The van der Waals surface area contributed by atoms with Gasteiger partial charge in [-0.3, -0.25) is 9.69 Å². The van der Waals surface area contributed by atoms with Gasteiger partial charge in [0.05, 0.1) is 19.2 Å². The number of anilines is 1. The third kappa shape index (κ3) is 4.93. The number of furan rings is 1. The van der Waals surface area contributed by atoms with Gasteiger partial charge < -0.3 is 19.0 Å². The van der Waals surface area contributed by atoms with Gasteiger partial charge in [0.2, 0.25) is 5.91 Å². The van der Waals surface area contributed by atoms with E-state index < -0.39 is 0 Å². The molecule has 0 unspecified atom stereocenters. The molecular formula is C26H35N3O4. The van der Waals surface area contributed by atoms with Crippen LogP contribution in [-0.4, -0.2) is 54.6 Å². The number of rotatable bonds is 5. The van der Waals surface area contributed by atoms with Gasteiger partial charge in [-0.15, -0.1) is 0 Å². The fourth-order valence-corrected chi connectivity index (χ4v) is 5.14. The molecular weight excluding hydrogens is 418 g/mol. The average Bonchev–Trinajstić information content (AvgIpc) is 3.26. The molecule has 1 aromatic heterocycles. The molecule has 0 radical (unpaired) electrons. The Kier molecular flexibility index (Phi) is 7.08. The van der Waals surface area contributed by atoms with Crippen LogP contribution in [0.5, 0.6) is 0 Å². The van der Waals surface area contributed by atoms with Crippen molar-refractivity contribution in [2.24, 2.45) is 0 Å². The van der Waals surface area contributed by atoms with Gasteiger partial charge in [-0.05, 0) is 82.1 Å². The SMILES string of the molecule is CCOC(=O)N(C)[C@H]1C[C@@H](C)N(C(C)=O)c2ccc(-c3ccc(CN4CCCCC4)o3)cc21. The molecule has 0 bridgehead atoms. The summed E-state index contributed by atoms with van der Waals surface area (Å²) in [6, 6.07) is 9.88. The number of nitrogens with zero attached hydrogens (tertiary/aromatic N) is 3. The second kappa shape index (κ2) is 10.00. The maximum Gasteiger partial charge on any atom is 0.410 e. The number of piperidine rings is 1. The summed E-state index contributed by atoms with van der Waals surface area (Å²) in [5.74, 6) is 1.76. The first kappa shape index (κ1) is 23.4. The second-order valence-corrected chi connectivity index (χ2v) is 9.18. The minimum Gasteiger partial charge on any atom is -0.460 e. The van der Waals surface area contributed by atoms with E-state index in [9.17, 15) is 9.59 Å². The molecule has 2 aliphatic heterocycles. The van der Waals surface area contributed by atoms with Gasteiger partial charge >= 0.3 is 6.09 Å². The van der Waals surface area contributed by atoms with E-state index in [1.54, 1.807) is 25.8 Å². The van der Waals surface area contributed by atoms with E-state index in [0.717, 1.165) is 48.0 Å². The Morgan fingerprint density at radius 2 is 1.91 bits per heavy atom. The number of hydrogen-bond donors (Lipinski definition) is 0. The summed E-state index contributed by atoms with van der Waals surface area (Å²) < 4.78 is 11.5. The van der Waals surface area contributed by atoms with Crippen LogP contribution in [0.15, 0.2) is 34.7 Å². The van der Waals surface area contributed by atoms with Crippen molar-refractivity contribution in [1.82, 2.24) is 9.80 Å². The second-order valence-electron chi connectivity index (χ2n) is 9.18. The van der Waals surface area contributed by atoms with Crippen molar-refractivity contribution in [3.8, 4) is 11.3 Å². The lowest BCUT2D eigenvalue weighted by Crippen LogP contribution is -2.46. The number of ether oxygens (including phenoxy) is 1. The third-order valence-electron chi connectivity index (χ3n) is 6.79. The smallest absolute Gasteiger partial charge is 0.410 e. The Balaban J connectivity index is 1.65. The van der Waals surface area contributed by atoms with E-state index in [0.29, 0.717) is 13.0 Å². The zero-order valence-corrected chi connectivity index (χ0v) is 20.2. The minimum atomic E-state index is -0.357. The summed E-state index contributed by atoms with van der Waals surface area (Å²) in [7, 11) is 1.76. The lowest BCUT2D eigenvalue weighted by molar-refractivity contribution is -0.117. The van der Waals surface area contributed by atoms with Crippen LogP contribution in [-0.2, 0) is 16.1 Å². The van der Waals surface area contributed by atoms with Crippen LogP contribution in [0, 0.1) is 0 Å². The summed E-state index contributed by atoms with van der Waals surface area (Å²) in [6.45, 7) is 8.80. The molecule has 7 heteroatoms. The predicted octanol–water partition coefficient (Wildman–Crippen LogP) is 5.21. The zero-order valence-electron chi connectivity index (χ0n) is 20.2. The molecule has 0 spiro atoms. The standard InChI is InChI=1S/C26H35N3O4/c1-5-32-26(31)27(4)24-15-18(2)29(19(3)30)23-11-9-20(16-22(23)24)25-12-10-21(33-25)17-28-13-7-6-8-14-28/h9-12,16,18,24H,5-8,13-15,17H2,1-4H3/t18-,24+/m1/s1. The summed E-state index contributed by atoms with van der Waals surface area (Å²) in [4.78, 5) is 30.9. The van der Waals surface area contributed by atoms with Crippen molar-refractivity contribution in [3.05, 3.63) is 41.7 Å². The van der Waals surface area contributed by atoms with Crippen molar-refractivity contribution in [1.29, 1.82) is 0 Å².